The number of anilines is 1. The molecule has 3 aromatic heterocycles. The van der Waals surface area contributed by atoms with Crippen LogP contribution >= 0.6 is 0 Å². The molecule has 26 heavy (non-hydrogen) atoms. The van der Waals surface area contributed by atoms with Crippen LogP contribution in [0.4, 0.5) is 10.2 Å². The van der Waals surface area contributed by atoms with Crippen LogP contribution in [0.5, 0.6) is 0 Å². The summed E-state index contributed by atoms with van der Waals surface area (Å²) in [7, 11) is 0. The van der Waals surface area contributed by atoms with Gasteiger partial charge in [-0.25, -0.2) is 15.0 Å². The Kier molecular flexibility index (Phi) is 3.82. The van der Waals surface area contributed by atoms with Crippen LogP contribution in [0.1, 0.15) is 41.4 Å². The summed E-state index contributed by atoms with van der Waals surface area (Å²) in [5, 5.41) is 6.77. The molecule has 3 aromatic rings. The number of furan rings is 1. The molecule has 1 aliphatic rings. The number of nitrogens with one attached hydrogen (secondary N) is 2. The fourth-order valence-electron chi connectivity index (χ4n) is 2.79. The van der Waals surface area contributed by atoms with Crippen LogP contribution in [0.3, 0.4) is 0 Å². The lowest BCUT2D eigenvalue weighted by Crippen LogP contribution is -2.24. The minimum atomic E-state index is -0.557. The van der Waals surface area contributed by atoms with E-state index in [9.17, 15) is 9.18 Å². The Labute approximate surface area is 149 Å². The highest BCUT2D eigenvalue weighted by molar-refractivity contribution is 6.10. The molecule has 0 aliphatic heterocycles. The maximum atomic E-state index is 12.9. The molecule has 0 radical (unpaired) electrons. The molecule has 1 saturated carbocycles. The van der Waals surface area contributed by atoms with E-state index in [-0.39, 0.29) is 18.0 Å². The van der Waals surface area contributed by atoms with Gasteiger partial charge < -0.3 is 15.1 Å². The molecule has 3 heterocycles. The first-order valence-corrected chi connectivity index (χ1v) is 8.36. The number of hydrogen-bond acceptors (Lipinski definition) is 6. The van der Waals surface area contributed by atoms with Gasteiger partial charge in [0.05, 0.1) is 10.9 Å². The number of aryl methyl sites for hydroxylation is 1. The van der Waals surface area contributed by atoms with E-state index in [4.69, 9.17) is 4.42 Å². The predicted molar refractivity (Wildman–Crippen MR) is 93.2 cm³/mol. The van der Waals surface area contributed by atoms with Crippen molar-refractivity contribution < 1.29 is 13.6 Å². The number of hydrogen-bond donors (Lipinski definition) is 2. The molecule has 0 unspecified atom stereocenters. The third-order valence-electron chi connectivity index (χ3n) is 4.55. The summed E-state index contributed by atoms with van der Waals surface area (Å²) in [5.41, 5.74) is 1.48. The van der Waals surface area contributed by atoms with Crippen LogP contribution in [0.25, 0.3) is 11.1 Å². The Morgan fingerprint density at radius 1 is 1.31 bits per heavy atom. The first kappa shape index (κ1) is 16.4. The highest BCUT2D eigenvalue weighted by atomic mass is 19.1. The lowest BCUT2D eigenvalue weighted by Gasteiger charge is -2.13. The summed E-state index contributed by atoms with van der Waals surface area (Å²) in [5.74, 6) is 0.210. The quantitative estimate of drug-likeness (QED) is 0.684. The van der Waals surface area contributed by atoms with E-state index < -0.39 is 5.95 Å². The molecule has 134 valence electrons. The number of carbonyl (C=O) groups excluding carboxylic acids is 1. The minimum Gasteiger partial charge on any atom is -0.442 e. The second-order valence-electron chi connectivity index (χ2n) is 6.79. The summed E-state index contributed by atoms with van der Waals surface area (Å²) in [6.07, 6.45) is 4.91. The van der Waals surface area contributed by atoms with Crippen molar-refractivity contribution in [2.45, 2.75) is 38.8 Å². The fourth-order valence-corrected chi connectivity index (χ4v) is 2.79. The van der Waals surface area contributed by atoms with E-state index >= 15 is 0 Å². The zero-order valence-electron chi connectivity index (χ0n) is 14.5. The van der Waals surface area contributed by atoms with Gasteiger partial charge in [0.15, 0.2) is 0 Å². The summed E-state index contributed by atoms with van der Waals surface area (Å²) in [6, 6.07) is 2.83. The van der Waals surface area contributed by atoms with E-state index in [0.717, 1.165) is 12.8 Å². The van der Waals surface area contributed by atoms with Crippen LogP contribution in [-0.2, 0) is 6.54 Å². The Balaban J connectivity index is 1.63. The molecule has 8 heteroatoms. The van der Waals surface area contributed by atoms with Crippen molar-refractivity contribution >= 4 is 22.8 Å². The van der Waals surface area contributed by atoms with Gasteiger partial charge in [-0.15, -0.1) is 0 Å². The number of aromatic nitrogens is 3. The normalized spacial score (nSPS) is 15.0. The topological polar surface area (TPSA) is 92.9 Å². The van der Waals surface area contributed by atoms with Gasteiger partial charge in [0.1, 0.15) is 17.9 Å². The first-order valence-electron chi connectivity index (χ1n) is 8.36. The van der Waals surface area contributed by atoms with Crippen molar-refractivity contribution in [3.63, 3.8) is 0 Å². The van der Waals surface area contributed by atoms with Gasteiger partial charge in [0.25, 0.3) is 5.91 Å². The first-order chi connectivity index (χ1) is 12.5. The SMILES string of the molecule is Cc1oc2ncnc(NC3(C)CC3)c2c1C(=O)NCc1ccc(F)nc1. The average molecular weight is 355 g/mol. The third kappa shape index (κ3) is 3.10. The molecular weight excluding hydrogens is 337 g/mol. The van der Waals surface area contributed by atoms with Crippen LogP contribution in [0.2, 0.25) is 0 Å². The van der Waals surface area contributed by atoms with Gasteiger partial charge in [0, 0.05) is 18.3 Å². The molecule has 0 bridgehead atoms. The van der Waals surface area contributed by atoms with Crippen molar-refractivity contribution in [2.24, 2.45) is 0 Å². The summed E-state index contributed by atoms with van der Waals surface area (Å²) in [4.78, 5) is 24.8. The van der Waals surface area contributed by atoms with Gasteiger partial charge in [-0.1, -0.05) is 6.07 Å². The molecule has 2 N–H and O–H groups in total. The van der Waals surface area contributed by atoms with Gasteiger partial charge in [0.2, 0.25) is 11.7 Å². The standard InChI is InChI=1S/C18H18FN5O2/c1-10-13(16(25)21-8-11-3-4-12(19)20-7-11)14-15(24-18(2)5-6-18)22-9-23-17(14)26-10/h3-4,7,9H,5-6,8H2,1-2H3,(H,21,25)(H,22,23,24). The largest absolute Gasteiger partial charge is 0.442 e. The van der Waals surface area contributed by atoms with E-state index in [1.54, 1.807) is 13.0 Å². The second-order valence-corrected chi connectivity index (χ2v) is 6.79. The van der Waals surface area contributed by atoms with Crippen molar-refractivity contribution in [2.75, 3.05) is 5.32 Å². The molecular formula is C18H18FN5O2. The zero-order chi connectivity index (χ0) is 18.3. The number of halogens is 1. The molecule has 0 atom stereocenters. The van der Waals surface area contributed by atoms with Crippen molar-refractivity contribution in [3.05, 3.63) is 47.5 Å². The van der Waals surface area contributed by atoms with Crippen LogP contribution in [0.15, 0.2) is 29.1 Å². The fraction of sp³-hybridized carbons (Fsp3) is 0.333. The van der Waals surface area contributed by atoms with E-state index in [1.165, 1.54) is 18.6 Å². The van der Waals surface area contributed by atoms with Crippen LogP contribution in [0, 0.1) is 12.9 Å². The second kappa shape index (κ2) is 6.05. The smallest absolute Gasteiger partial charge is 0.255 e. The highest BCUT2D eigenvalue weighted by Crippen LogP contribution is 2.40. The predicted octanol–water partition coefficient (Wildman–Crippen LogP) is 2.96. The maximum Gasteiger partial charge on any atom is 0.255 e. The molecule has 0 aromatic carbocycles. The molecule has 7 nitrogen and oxygen atoms in total. The Morgan fingerprint density at radius 3 is 2.81 bits per heavy atom. The van der Waals surface area contributed by atoms with Crippen LogP contribution < -0.4 is 10.6 Å². The molecule has 1 aliphatic carbocycles. The number of fused-ring (bicyclic) bond motifs is 1. The minimum absolute atomic E-state index is 0.0000146. The number of amides is 1. The van der Waals surface area contributed by atoms with Crippen LogP contribution in [-0.4, -0.2) is 26.4 Å². The number of carbonyl (C=O) groups is 1. The molecule has 0 spiro atoms. The lowest BCUT2D eigenvalue weighted by atomic mass is 10.1. The molecule has 4 rings (SSSR count). The average Bonchev–Trinajstić information content (AvgIpc) is 3.23. The van der Waals surface area contributed by atoms with Crippen molar-refractivity contribution in [1.29, 1.82) is 0 Å². The summed E-state index contributed by atoms with van der Waals surface area (Å²) >= 11 is 0. The lowest BCUT2D eigenvalue weighted by molar-refractivity contribution is 0.0951. The van der Waals surface area contributed by atoms with Gasteiger partial charge >= 0.3 is 0 Å². The number of rotatable bonds is 5. The van der Waals surface area contributed by atoms with E-state index in [0.29, 0.717) is 33.8 Å². The number of nitrogens with zero attached hydrogens (tertiary/aromatic N) is 3. The molecule has 0 saturated heterocycles. The molecule has 1 amide bonds. The highest BCUT2D eigenvalue weighted by Gasteiger charge is 2.38. The summed E-state index contributed by atoms with van der Waals surface area (Å²) < 4.78 is 18.5. The molecule has 1 fully saturated rings. The van der Waals surface area contributed by atoms with E-state index in [1.807, 2.05) is 0 Å². The van der Waals surface area contributed by atoms with Gasteiger partial charge in [-0.2, -0.15) is 4.39 Å². The Morgan fingerprint density at radius 2 is 2.12 bits per heavy atom. The van der Waals surface area contributed by atoms with Crippen molar-refractivity contribution in [3.8, 4) is 0 Å². The third-order valence-corrected chi connectivity index (χ3v) is 4.55. The van der Waals surface area contributed by atoms with Gasteiger partial charge in [-0.3, -0.25) is 4.79 Å². The van der Waals surface area contributed by atoms with Crippen molar-refractivity contribution in [1.82, 2.24) is 20.3 Å². The summed E-state index contributed by atoms with van der Waals surface area (Å²) in [6.45, 7) is 4.06. The Hall–Kier alpha value is -3.03. The zero-order valence-corrected chi connectivity index (χ0v) is 14.5. The van der Waals surface area contributed by atoms with E-state index in [2.05, 4.69) is 32.5 Å². The van der Waals surface area contributed by atoms with Gasteiger partial charge in [-0.05, 0) is 38.3 Å². The number of pyridine rings is 1. The Bertz CT molecular complexity index is 979. The monoisotopic (exact) mass is 355 g/mol. The maximum absolute atomic E-state index is 12.9.